The van der Waals surface area contributed by atoms with E-state index in [4.69, 9.17) is 5.41 Å². The normalized spacial score (nSPS) is 13.6. The van der Waals surface area contributed by atoms with Crippen molar-refractivity contribution in [2.24, 2.45) is 0 Å². The monoisotopic (exact) mass is 395 g/mol. The maximum atomic E-state index is 13.3. The Morgan fingerprint density at radius 1 is 0.833 bits per heavy atom. The number of rotatable bonds is 7. The van der Waals surface area contributed by atoms with Crippen LogP contribution in [0.1, 0.15) is 72.1 Å². The minimum atomic E-state index is -0.204. The van der Waals surface area contributed by atoms with Crippen LogP contribution in [0.3, 0.4) is 0 Å². The summed E-state index contributed by atoms with van der Waals surface area (Å²) >= 11 is 0. The third-order valence-corrected chi connectivity index (χ3v) is 6.53. The lowest BCUT2D eigenvalue weighted by molar-refractivity contribution is 0.106. The maximum Gasteiger partial charge on any atom is 0.211 e. The molecule has 0 heterocycles. The van der Waals surface area contributed by atoms with E-state index in [1.54, 1.807) is 0 Å². The predicted octanol–water partition coefficient (Wildman–Crippen LogP) is 7.11. The van der Waals surface area contributed by atoms with Gasteiger partial charge in [0.25, 0.3) is 0 Å². The SMILES string of the molecule is CCCC1(CCC)c2ccccc2-c2ccc(C(=O)C(=N)c3ccccc3C)cc21. The fourth-order valence-electron chi connectivity index (χ4n) is 5.23. The Labute approximate surface area is 179 Å². The van der Waals surface area contributed by atoms with Gasteiger partial charge in [0.05, 0.1) is 0 Å². The van der Waals surface area contributed by atoms with Crippen LogP contribution < -0.4 is 0 Å². The van der Waals surface area contributed by atoms with Crippen molar-refractivity contribution in [3.63, 3.8) is 0 Å². The van der Waals surface area contributed by atoms with Gasteiger partial charge in [-0.3, -0.25) is 10.2 Å². The average molecular weight is 396 g/mol. The van der Waals surface area contributed by atoms with Crippen LogP contribution in [-0.4, -0.2) is 11.5 Å². The first-order valence-electron chi connectivity index (χ1n) is 11.0. The molecule has 0 radical (unpaired) electrons. The predicted molar refractivity (Wildman–Crippen MR) is 125 cm³/mol. The summed E-state index contributed by atoms with van der Waals surface area (Å²) in [6, 6.07) is 22.4. The Morgan fingerprint density at radius 3 is 2.17 bits per heavy atom. The highest BCUT2D eigenvalue weighted by molar-refractivity contribution is 6.50. The van der Waals surface area contributed by atoms with Crippen molar-refractivity contribution in [3.8, 4) is 11.1 Å². The van der Waals surface area contributed by atoms with E-state index in [1.165, 1.54) is 22.3 Å². The van der Waals surface area contributed by atoms with Gasteiger partial charge in [-0.1, -0.05) is 87.4 Å². The molecular formula is C28H29NO. The van der Waals surface area contributed by atoms with Gasteiger partial charge in [0.1, 0.15) is 5.71 Å². The summed E-state index contributed by atoms with van der Waals surface area (Å²) in [5.41, 5.74) is 7.49. The number of hydrogen-bond donors (Lipinski definition) is 1. The van der Waals surface area contributed by atoms with Crippen molar-refractivity contribution in [2.75, 3.05) is 0 Å². The first kappa shape index (κ1) is 20.3. The number of aryl methyl sites for hydroxylation is 1. The Bertz CT molecular complexity index is 1120. The molecule has 0 bridgehead atoms. The zero-order valence-corrected chi connectivity index (χ0v) is 18.1. The molecule has 0 aromatic heterocycles. The molecule has 30 heavy (non-hydrogen) atoms. The Kier molecular flexibility index (Phi) is 5.42. The molecule has 2 heteroatoms. The van der Waals surface area contributed by atoms with E-state index in [2.05, 4.69) is 50.2 Å². The van der Waals surface area contributed by atoms with E-state index in [1.807, 2.05) is 37.3 Å². The average Bonchev–Trinajstić information content (AvgIpc) is 3.03. The van der Waals surface area contributed by atoms with Gasteiger partial charge in [-0.15, -0.1) is 0 Å². The fourth-order valence-corrected chi connectivity index (χ4v) is 5.23. The summed E-state index contributed by atoms with van der Waals surface area (Å²) in [6.07, 6.45) is 4.31. The molecule has 1 aliphatic rings. The lowest BCUT2D eigenvalue weighted by Gasteiger charge is -2.32. The molecule has 0 aliphatic heterocycles. The second kappa shape index (κ2) is 8.02. The van der Waals surface area contributed by atoms with Crippen molar-refractivity contribution < 1.29 is 4.79 Å². The zero-order chi connectivity index (χ0) is 21.3. The number of Topliss-reactive ketones (excluding diaryl/α,β-unsaturated/α-hetero) is 1. The highest BCUT2D eigenvalue weighted by atomic mass is 16.1. The van der Waals surface area contributed by atoms with Gasteiger partial charge in [-0.05, 0) is 53.6 Å². The number of nitrogens with one attached hydrogen (secondary N) is 1. The number of carbonyl (C=O) groups is 1. The summed E-state index contributed by atoms with van der Waals surface area (Å²) in [6.45, 7) is 6.42. The standard InChI is InChI=1S/C28H29NO/c1-4-16-28(17-5-2)24-13-9-8-12-22(24)23-15-14-20(18-25(23)28)27(30)26(29)21-11-7-6-10-19(21)3/h6-15,18,29H,4-5,16-17H2,1-3H3. The van der Waals surface area contributed by atoms with Crippen LogP contribution in [0.5, 0.6) is 0 Å². The summed E-state index contributed by atoms with van der Waals surface area (Å²) in [5, 5.41) is 8.55. The molecule has 0 amide bonds. The van der Waals surface area contributed by atoms with E-state index in [-0.39, 0.29) is 16.9 Å². The van der Waals surface area contributed by atoms with Crippen LogP contribution in [0.4, 0.5) is 0 Å². The molecule has 3 aromatic carbocycles. The van der Waals surface area contributed by atoms with Gasteiger partial charge in [-0.2, -0.15) is 0 Å². The van der Waals surface area contributed by atoms with Crippen LogP contribution in [-0.2, 0) is 5.41 Å². The summed E-state index contributed by atoms with van der Waals surface area (Å²) in [7, 11) is 0. The molecular weight excluding hydrogens is 366 g/mol. The first-order chi connectivity index (χ1) is 14.5. The van der Waals surface area contributed by atoms with Gasteiger partial charge in [0, 0.05) is 16.5 Å². The smallest absolute Gasteiger partial charge is 0.211 e. The Morgan fingerprint density at radius 2 is 1.47 bits per heavy atom. The van der Waals surface area contributed by atoms with E-state index >= 15 is 0 Å². The second-order valence-corrected chi connectivity index (χ2v) is 8.41. The lowest BCUT2D eigenvalue weighted by Crippen LogP contribution is -2.25. The molecule has 0 spiro atoms. The molecule has 152 valence electrons. The third kappa shape index (κ3) is 3.11. The van der Waals surface area contributed by atoms with Crippen LogP contribution >= 0.6 is 0 Å². The van der Waals surface area contributed by atoms with Crippen molar-refractivity contribution in [1.82, 2.24) is 0 Å². The lowest BCUT2D eigenvalue weighted by atomic mass is 9.71. The van der Waals surface area contributed by atoms with Crippen molar-refractivity contribution in [1.29, 1.82) is 5.41 Å². The highest BCUT2D eigenvalue weighted by Gasteiger charge is 2.41. The van der Waals surface area contributed by atoms with Crippen molar-refractivity contribution in [2.45, 2.75) is 51.9 Å². The molecule has 4 rings (SSSR count). The topological polar surface area (TPSA) is 40.9 Å². The van der Waals surface area contributed by atoms with E-state index < -0.39 is 0 Å². The highest BCUT2D eigenvalue weighted by Crippen LogP contribution is 2.53. The quantitative estimate of drug-likeness (QED) is 0.336. The zero-order valence-electron chi connectivity index (χ0n) is 18.1. The largest absolute Gasteiger partial charge is 0.296 e. The maximum absolute atomic E-state index is 13.3. The molecule has 2 nitrogen and oxygen atoms in total. The molecule has 0 fully saturated rings. The van der Waals surface area contributed by atoms with Gasteiger partial charge < -0.3 is 0 Å². The van der Waals surface area contributed by atoms with Crippen LogP contribution in [0.15, 0.2) is 66.7 Å². The van der Waals surface area contributed by atoms with E-state index in [0.29, 0.717) is 11.1 Å². The molecule has 0 unspecified atom stereocenters. The van der Waals surface area contributed by atoms with Gasteiger partial charge in [0.15, 0.2) is 0 Å². The molecule has 0 atom stereocenters. The van der Waals surface area contributed by atoms with Crippen LogP contribution in [0.2, 0.25) is 0 Å². The number of fused-ring (bicyclic) bond motifs is 3. The molecule has 0 saturated heterocycles. The van der Waals surface area contributed by atoms with E-state index in [9.17, 15) is 4.79 Å². The van der Waals surface area contributed by atoms with Crippen LogP contribution in [0, 0.1) is 12.3 Å². The number of hydrogen-bond acceptors (Lipinski definition) is 2. The molecule has 1 aliphatic carbocycles. The number of carbonyl (C=O) groups excluding carboxylic acids is 1. The minimum Gasteiger partial charge on any atom is -0.296 e. The summed E-state index contributed by atoms with van der Waals surface area (Å²) < 4.78 is 0. The fraction of sp³-hybridized carbons (Fsp3) is 0.286. The Hall–Kier alpha value is -3.00. The van der Waals surface area contributed by atoms with Crippen molar-refractivity contribution >= 4 is 11.5 Å². The van der Waals surface area contributed by atoms with Gasteiger partial charge in [0.2, 0.25) is 5.78 Å². The summed E-state index contributed by atoms with van der Waals surface area (Å²) in [4.78, 5) is 13.3. The minimum absolute atomic E-state index is 0.0451. The summed E-state index contributed by atoms with van der Waals surface area (Å²) in [5.74, 6) is -0.204. The van der Waals surface area contributed by atoms with Gasteiger partial charge in [-0.25, -0.2) is 0 Å². The molecule has 3 aromatic rings. The van der Waals surface area contributed by atoms with Crippen LogP contribution in [0.25, 0.3) is 11.1 Å². The van der Waals surface area contributed by atoms with Gasteiger partial charge >= 0.3 is 0 Å². The molecule has 1 N–H and O–H groups in total. The second-order valence-electron chi connectivity index (χ2n) is 8.41. The Balaban J connectivity index is 1.83. The van der Waals surface area contributed by atoms with E-state index in [0.717, 1.165) is 31.2 Å². The number of ketones is 1. The third-order valence-electron chi connectivity index (χ3n) is 6.53. The number of benzene rings is 3. The van der Waals surface area contributed by atoms with Crippen molar-refractivity contribution in [3.05, 3.63) is 94.5 Å². The first-order valence-corrected chi connectivity index (χ1v) is 11.0. The molecule has 0 saturated carbocycles.